The molecule has 2 atom stereocenters. The minimum absolute atomic E-state index is 0.0708. The van der Waals surface area contributed by atoms with Crippen molar-refractivity contribution >= 4 is 11.7 Å². The van der Waals surface area contributed by atoms with Crippen LogP contribution in [0, 0.1) is 17.4 Å². The van der Waals surface area contributed by atoms with Crippen LogP contribution < -0.4 is 10.8 Å². The van der Waals surface area contributed by atoms with Gasteiger partial charge in [-0.25, -0.2) is 4.98 Å². The molecular formula is C16H22N6O2. The number of anilines is 1. The summed E-state index contributed by atoms with van der Waals surface area (Å²) in [5, 5.41) is 11.7. The number of aryl methyl sites for hydroxylation is 1. The lowest BCUT2D eigenvalue weighted by Crippen LogP contribution is -2.25. The van der Waals surface area contributed by atoms with Crippen LogP contribution in [0.4, 0.5) is 5.82 Å². The summed E-state index contributed by atoms with van der Waals surface area (Å²) in [6.07, 6.45) is 7.20. The predicted octanol–water partition coefficient (Wildman–Crippen LogP) is 1.21. The molecule has 128 valence electrons. The maximum absolute atomic E-state index is 12.2. The van der Waals surface area contributed by atoms with Gasteiger partial charge >= 0.3 is 0 Å². The number of carbonyl (C=O) groups is 1. The van der Waals surface area contributed by atoms with Crippen molar-refractivity contribution in [1.29, 1.82) is 5.26 Å². The average molecular weight is 330 g/mol. The molecule has 8 nitrogen and oxygen atoms in total. The molecule has 8 heteroatoms. The van der Waals surface area contributed by atoms with E-state index in [2.05, 4.69) is 28.9 Å². The number of hydrogen-bond donors (Lipinski definition) is 2. The predicted molar refractivity (Wildman–Crippen MR) is 87.1 cm³/mol. The molecule has 0 radical (unpaired) electrons. The third-order valence-corrected chi connectivity index (χ3v) is 4.59. The standard InChI is InChI=1S/C16H22N6O2/c1-11-14(12(2)24-20-11)4-6-22-8-15(18-10-22)19-16(23)13-3-5-21(7-13)9-17/h8,10-11,13,20H,3-7H2,1-2H3,(H,19,23)/t11?,13-/m0/s1. The highest BCUT2D eigenvalue weighted by Gasteiger charge is 2.28. The summed E-state index contributed by atoms with van der Waals surface area (Å²) in [4.78, 5) is 23.4. The number of aromatic nitrogens is 2. The van der Waals surface area contributed by atoms with Crippen molar-refractivity contribution in [1.82, 2.24) is 19.9 Å². The fourth-order valence-electron chi connectivity index (χ4n) is 3.10. The lowest BCUT2D eigenvalue weighted by molar-refractivity contribution is -0.119. The van der Waals surface area contributed by atoms with Crippen LogP contribution in [0.2, 0.25) is 0 Å². The molecule has 2 aliphatic heterocycles. The van der Waals surface area contributed by atoms with Crippen molar-refractivity contribution in [2.75, 3.05) is 18.4 Å². The van der Waals surface area contributed by atoms with Gasteiger partial charge < -0.3 is 19.6 Å². The highest BCUT2D eigenvalue weighted by atomic mass is 16.7. The van der Waals surface area contributed by atoms with Gasteiger partial charge in [0.2, 0.25) is 5.91 Å². The average Bonchev–Trinajstić information content (AvgIpc) is 3.27. The summed E-state index contributed by atoms with van der Waals surface area (Å²) >= 11 is 0. The molecule has 1 unspecified atom stereocenters. The number of hydrogen-bond acceptors (Lipinski definition) is 6. The van der Waals surface area contributed by atoms with Gasteiger partial charge in [-0.2, -0.15) is 10.7 Å². The van der Waals surface area contributed by atoms with Crippen LogP contribution in [0.15, 0.2) is 23.9 Å². The number of allylic oxidation sites excluding steroid dienone is 1. The molecule has 3 heterocycles. The molecule has 24 heavy (non-hydrogen) atoms. The molecule has 0 bridgehead atoms. The molecule has 1 aromatic heterocycles. The summed E-state index contributed by atoms with van der Waals surface area (Å²) in [6.45, 7) is 5.93. The zero-order valence-electron chi connectivity index (χ0n) is 14.0. The normalized spacial score (nSPS) is 23.3. The van der Waals surface area contributed by atoms with E-state index in [-0.39, 0.29) is 17.9 Å². The lowest BCUT2D eigenvalue weighted by atomic mass is 10.1. The van der Waals surface area contributed by atoms with Crippen LogP contribution in [0.1, 0.15) is 26.7 Å². The van der Waals surface area contributed by atoms with E-state index in [9.17, 15) is 4.79 Å². The summed E-state index contributed by atoms with van der Waals surface area (Å²) in [5.74, 6) is 1.26. The SMILES string of the molecule is CC1=C(CCn2cnc(NC(=O)[C@H]3CCN(C#N)C3)c2)C(C)NO1. The Balaban J connectivity index is 1.52. The Morgan fingerprint density at radius 1 is 1.62 bits per heavy atom. The summed E-state index contributed by atoms with van der Waals surface area (Å²) in [7, 11) is 0. The molecule has 1 saturated heterocycles. The minimum Gasteiger partial charge on any atom is -0.413 e. The van der Waals surface area contributed by atoms with Gasteiger partial charge in [0.05, 0.1) is 18.3 Å². The van der Waals surface area contributed by atoms with E-state index in [0.717, 1.165) is 18.7 Å². The first-order chi connectivity index (χ1) is 11.6. The molecule has 3 rings (SSSR count). The smallest absolute Gasteiger partial charge is 0.230 e. The second-order valence-electron chi connectivity index (χ2n) is 6.29. The second kappa shape index (κ2) is 6.93. The van der Waals surface area contributed by atoms with Crippen LogP contribution in [0.3, 0.4) is 0 Å². The van der Waals surface area contributed by atoms with E-state index in [1.807, 2.05) is 17.7 Å². The third kappa shape index (κ3) is 3.51. The number of carbonyl (C=O) groups excluding carboxylic acids is 1. The van der Waals surface area contributed by atoms with E-state index in [1.165, 1.54) is 5.57 Å². The van der Waals surface area contributed by atoms with Crippen molar-refractivity contribution in [3.05, 3.63) is 23.9 Å². The van der Waals surface area contributed by atoms with Gasteiger partial charge in [-0.05, 0) is 32.3 Å². The van der Waals surface area contributed by atoms with Gasteiger partial charge in [-0.3, -0.25) is 4.79 Å². The van der Waals surface area contributed by atoms with Crippen LogP contribution in [0.5, 0.6) is 0 Å². The monoisotopic (exact) mass is 330 g/mol. The number of hydroxylamine groups is 1. The van der Waals surface area contributed by atoms with Gasteiger partial charge in [-0.1, -0.05) is 0 Å². The number of amides is 1. The number of rotatable bonds is 5. The Morgan fingerprint density at radius 2 is 2.46 bits per heavy atom. The number of nitrogens with one attached hydrogen (secondary N) is 2. The van der Waals surface area contributed by atoms with Crippen LogP contribution in [-0.4, -0.2) is 39.5 Å². The molecule has 2 N–H and O–H groups in total. The number of nitriles is 1. The zero-order valence-corrected chi connectivity index (χ0v) is 14.0. The maximum atomic E-state index is 12.2. The summed E-state index contributed by atoms with van der Waals surface area (Å²) in [5.41, 5.74) is 4.19. The van der Waals surface area contributed by atoms with Crippen molar-refractivity contribution in [2.24, 2.45) is 5.92 Å². The molecule has 0 aliphatic carbocycles. The third-order valence-electron chi connectivity index (χ3n) is 4.59. The van der Waals surface area contributed by atoms with Crippen molar-refractivity contribution < 1.29 is 9.63 Å². The van der Waals surface area contributed by atoms with E-state index in [1.54, 1.807) is 11.2 Å². The van der Waals surface area contributed by atoms with Crippen molar-refractivity contribution in [3.63, 3.8) is 0 Å². The van der Waals surface area contributed by atoms with Gasteiger partial charge in [0.25, 0.3) is 0 Å². The number of nitrogens with zero attached hydrogens (tertiary/aromatic N) is 4. The van der Waals surface area contributed by atoms with Gasteiger partial charge in [0.1, 0.15) is 5.76 Å². The fraction of sp³-hybridized carbons (Fsp3) is 0.562. The summed E-state index contributed by atoms with van der Waals surface area (Å²) < 4.78 is 1.96. The molecule has 0 aromatic carbocycles. The Morgan fingerprint density at radius 3 is 3.12 bits per heavy atom. The second-order valence-corrected chi connectivity index (χ2v) is 6.29. The lowest BCUT2D eigenvalue weighted by Gasteiger charge is -2.09. The quantitative estimate of drug-likeness (QED) is 0.788. The summed E-state index contributed by atoms with van der Waals surface area (Å²) in [6, 6.07) is 0.221. The molecule has 2 aliphatic rings. The molecular weight excluding hydrogens is 308 g/mol. The van der Waals surface area contributed by atoms with Gasteiger partial charge in [-0.15, -0.1) is 0 Å². The zero-order chi connectivity index (χ0) is 17.1. The molecule has 1 amide bonds. The number of likely N-dealkylation sites (tertiary alicyclic amines) is 1. The van der Waals surface area contributed by atoms with E-state index < -0.39 is 0 Å². The highest BCUT2D eigenvalue weighted by molar-refractivity contribution is 5.91. The van der Waals surface area contributed by atoms with Gasteiger partial charge in [0, 0.05) is 25.8 Å². The first kappa shape index (κ1) is 16.3. The molecule has 1 fully saturated rings. The first-order valence-electron chi connectivity index (χ1n) is 8.16. The van der Waals surface area contributed by atoms with E-state index in [4.69, 9.17) is 10.1 Å². The maximum Gasteiger partial charge on any atom is 0.230 e. The topological polar surface area (TPSA) is 95.2 Å². The van der Waals surface area contributed by atoms with E-state index in [0.29, 0.717) is 25.3 Å². The largest absolute Gasteiger partial charge is 0.413 e. The Labute approximate surface area is 141 Å². The number of imidazole rings is 1. The van der Waals surface area contributed by atoms with Gasteiger partial charge in [0.15, 0.2) is 12.0 Å². The Hall–Kier alpha value is -2.53. The Kier molecular flexibility index (Phi) is 4.71. The molecule has 0 saturated carbocycles. The molecule has 0 spiro atoms. The van der Waals surface area contributed by atoms with Crippen LogP contribution in [0.25, 0.3) is 0 Å². The Bertz CT molecular complexity index is 689. The highest BCUT2D eigenvalue weighted by Crippen LogP contribution is 2.21. The first-order valence-corrected chi connectivity index (χ1v) is 8.16. The van der Waals surface area contributed by atoms with Crippen LogP contribution >= 0.6 is 0 Å². The van der Waals surface area contributed by atoms with Crippen molar-refractivity contribution in [3.8, 4) is 6.19 Å². The fourth-order valence-corrected chi connectivity index (χ4v) is 3.10. The minimum atomic E-state index is -0.148. The molecule has 1 aromatic rings. The van der Waals surface area contributed by atoms with E-state index >= 15 is 0 Å². The van der Waals surface area contributed by atoms with Crippen LogP contribution in [-0.2, 0) is 16.2 Å². The van der Waals surface area contributed by atoms with Crippen molar-refractivity contribution in [2.45, 2.75) is 39.3 Å².